The van der Waals surface area contributed by atoms with Gasteiger partial charge in [0.05, 0.1) is 18.1 Å². The molecule has 2 amide bonds. The van der Waals surface area contributed by atoms with Gasteiger partial charge in [-0.05, 0) is 13.3 Å². The van der Waals surface area contributed by atoms with E-state index in [1.807, 2.05) is 0 Å². The maximum Gasteiger partial charge on any atom is 0.312 e. The molecule has 0 radical (unpaired) electrons. The molecule has 110 valence electrons. The summed E-state index contributed by atoms with van der Waals surface area (Å²) in [6.45, 7) is 2.55. The molecule has 1 fully saturated rings. The van der Waals surface area contributed by atoms with Crippen molar-refractivity contribution < 1.29 is 22.7 Å². The zero-order valence-electron chi connectivity index (χ0n) is 11.2. The van der Waals surface area contributed by atoms with Crippen LogP contribution in [0.5, 0.6) is 0 Å². The van der Waals surface area contributed by atoms with E-state index in [-0.39, 0.29) is 24.7 Å². The van der Waals surface area contributed by atoms with Crippen LogP contribution in [0.2, 0.25) is 0 Å². The van der Waals surface area contributed by atoms with Crippen LogP contribution < -0.4 is 5.32 Å². The van der Waals surface area contributed by atoms with Crippen molar-refractivity contribution in [1.82, 2.24) is 10.2 Å². The standard InChI is InChI=1S/C11H20N2O5S/c1-3-12-10(14)11(15)13(5-6-18-2)9-4-7-19(16,17)8-9/h9H,3-8H2,1-2H3,(H,12,14). The highest BCUT2D eigenvalue weighted by Gasteiger charge is 2.36. The number of sulfone groups is 1. The van der Waals surface area contributed by atoms with E-state index in [4.69, 9.17) is 4.74 Å². The van der Waals surface area contributed by atoms with E-state index in [9.17, 15) is 18.0 Å². The molecule has 8 heteroatoms. The highest BCUT2D eigenvalue weighted by molar-refractivity contribution is 7.91. The van der Waals surface area contributed by atoms with Crippen LogP contribution in [-0.4, -0.2) is 69.5 Å². The fraction of sp³-hybridized carbons (Fsp3) is 0.818. The molecule has 0 aromatic heterocycles. The lowest BCUT2D eigenvalue weighted by atomic mass is 10.2. The SMILES string of the molecule is CCNC(=O)C(=O)N(CCOC)C1CCS(=O)(=O)C1. The minimum Gasteiger partial charge on any atom is -0.383 e. The van der Waals surface area contributed by atoms with Crippen molar-refractivity contribution in [2.24, 2.45) is 0 Å². The zero-order chi connectivity index (χ0) is 14.5. The predicted octanol–water partition coefficient (Wildman–Crippen LogP) is -1.22. The predicted molar refractivity (Wildman–Crippen MR) is 69.3 cm³/mol. The highest BCUT2D eigenvalue weighted by atomic mass is 32.2. The van der Waals surface area contributed by atoms with Crippen LogP contribution in [0.1, 0.15) is 13.3 Å². The molecule has 0 aromatic rings. The fourth-order valence-corrected chi connectivity index (χ4v) is 3.76. The van der Waals surface area contributed by atoms with Gasteiger partial charge in [0.25, 0.3) is 0 Å². The molecule has 1 atom stereocenters. The molecule has 0 bridgehead atoms. The summed E-state index contributed by atoms with van der Waals surface area (Å²) in [5.41, 5.74) is 0. The molecule has 1 heterocycles. The third kappa shape index (κ3) is 4.46. The fourth-order valence-electron chi connectivity index (χ4n) is 2.03. The first-order chi connectivity index (χ1) is 8.91. The number of rotatable bonds is 5. The molecule has 7 nitrogen and oxygen atoms in total. The summed E-state index contributed by atoms with van der Waals surface area (Å²) in [6, 6.07) is -0.435. The Morgan fingerprint density at radius 3 is 2.58 bits per heavy atom. The van der Waals surface area contributed by atoms with E-state index >= 15 is 0 Å². The maximum atomic E-state index is 12.0. The Hall–Kier alpha value is -1.15. The van der Waals surface area contributed by atoms with E-state index in [0.29, 0.717) is 13.0 Å². The lowest BCUT2D eigenvalue weighted by molar-refractivity contribution is -0.147. The Balaban J connectivity index is 2.77. The lowest BCUT2D eigenvalue weighted by Gasteiger charge is -2.27. The third-order valence-corrected chi connectivity index (χ3v) is 4.73. The monoisotopic (exact) mass is 292 g/mol. The van der Waals surface area contributed by atoms with Crippen molar-refractivity contribution in [3.63, 3.8) is 0 Å². The second kappa shape index (κ2) is 6.85. The van der Waals surface area contributed by atoms with Gasteiger partial charge in [-0.2, -0.15) is 0 Å². The number of hydrogen-bond donors (Lipinski definition) is 1. The Morgan fingerprint density at radius 1 is 1.42 bits per heavy atom. The molecule has 0 aliphatic carbocycles. The van der Waals surface area contributed by atoms with Gasteiger partial charge in [0.15, 0.2) is 9.84 Å². The number of carbonyl (C=O) groups is 2. The van der Waals surface area contributed by atoms with Gasteiger partial charge in [0.1, 0.15) is 0 Å². The van der Waals surface area contributed by atoms with Gasteiger partial charge in [0.2, 0.25) is 0 Å². The molecule has 0 aromatic carbocycles. The first-order valence-corrected chi connectivity index (χ1v) is 8.01. The van der Waals surface area contributed by atoms with Gasteiger partial charge in [-0.1, -0.05) is 0 Å². The van der Waals surface area contributed by atoms with E-state index in [2.05, 4.69) is 5.32 Å². The number of carbonyl (C=O) groups excluding carboxylic acids is 2. The minimum absolute atomic E-state index is 0.0594. The van der Waals surface area contributed by atoms with Gasteiger partial charge in [0, 0.05) is 26.2 Å². The normalized spacial score (nSPS) is 21.1. The van der Waals surface area contributed by atoms with Crippen LogP contribution in [0.25, 0.3) is 0 Å². The van der Waals surface area contributed by atoms with Crippen molar-refractivity contribution in [2.75, 3.05) is 38.3 Å². The van der Waals surface area contributed by atoms with Crippen LogP contribution in [0.3, 0.4) is 0 Å². The van der Waals surface area contributed by atoms with Crippen LogP contribution >= 0.6 is 0 Å². The summed E-state index contributed by atoms with van der Waals surface area (Å²) in [7, 11) is -1.62. The molecular formula is C11H20N2O5S. The summed E-state index contributed by atoms with van der Waals surface area (Å²) in [6.07, 6.45) is 0.372. The number of nitrogens with one attached hydrogen (secondary N) is 1. The Bertz CT molecular complexity index is 434. The van der Waals surface area contributed by atoms with E-state index in [1.54, 1.807) is 6.92 Å². The second-order valence-electron chi connectivity index (χ2n) is 4.41. The molecular weight excluding hydrogens is 272 g/mol. The Kier molecular flexibility index (Phi) is 5.74. The van der Waals surface area contributed by atoms with E-state index in [1.165, 1.54) is 12.0 Å². The molecule has 1 saturated heterocycles. The van der Waals surface area contributed by atoms with Gasteiger partial charge in [-0.15, -0.1) is 0 Å². The van der Waals surface area contributed by atoms with Crippen molar-refractivity contribution in [2.45, 2.75) is 19.4 Å². The maximum absolute atomic E-state index is 12.0. The zero-order valence-corrected chi connectivity index (χ0v) is 12.0. The summed E-state index contributed by atoms with van der Waals surface area (Å²) in [4.78, 5) is 24.9. The number of amides is 2. The van der Waals surface area contributed by atoms with Crippen LogP contribution in [-0.2, 0) is 24.2 Å². The van der Waals surface area contributed by atoms with Crippen LogP contribution in [0, 0.1) is 0 Å². The second-order valence-corrected chi connectivity index (χ2v) is 6.64. The number of hydrogen-bond acceptors (Lipinski definition) is 5. The number of likely N-dealkylation sites (N-methyl/N-ethyl adjacent to an activating group) is 1. The number of methoxy groups -OCH3 is 1. The summed E-state index contributed by atoms with van der Waals surface area (Å²) in [5, 5.41) is 2.43. The molecule has 0 spiro atoms. The lowest BCUT2D eigenvalue weighted by Crippen LogP contribution is -2.49. The molecule has 19 heavy (non-hydrogen) atoms. The summed E-state index contributed by atoms with van der Waals surface area (Å²) >= 11 is 0. The van der Waals surface area contributed by atoms with Crippen molar-refractivity contribution in [3.05, 3.63) is 0 Å². The number of ether oxygens (including phenoxy) is 1. The number of nitrogens with zero attached hydrogens (tertiary/aromatic N) is 1. The summed E-state index contributed by atoms with van der Waals surface area (Å²) < 4.78 is 27.8. The van der Waals surface area contributed by atoms with Gasteiger partial charge in [-0.25, -0.2) is 8.42 Å². The molecule has 1 aliphatic heterocycles. The van der Waals surface area contributed by atoms with E-state index < -0.39 is 27.7 Å². The van der Waals surface area contributed by atoms with Crippen molar-refractivity contribution in [3.8, 4) is 0 Å². The van der Waals surface area contributed by atoms with E-state index in [0.717, 1.165) is 0 Å². The molecule has 1 N–H and O–H groups in total. The quantitative estimate of drug-likeness (QED) is 0.642. The Labute approximate surface area is 113 Å². The van der Waals surface area contributed by atoms with Gasteiger partial charge >= 0.3 is 11.8 Å². The van der Waals surface area contributed by atoms with Crippen LogP contribution in [0.15, 0.2) is 0 Å². The first-order valence-electron chi connectivity index (χ1n) is 6.19. The largest absolute Gasteiger partial charge is 0.383 e. The molecule has 1 aliphatic rings. The van der Waals surface area contributed by atoms with Gasteiger partial charge in [-0.3, -0.25) is 9.59 Å². The molecule has 1 unspecified atom stereocenters. The first kappa shape index (κ1) is 15.9. The topological polar surface area (TPSA) is 92.8 Å². The molecule has 0 saturated carbocycles. The third-order valence-electron chi connectivity index (χ3n) is 2.98. The minimum atomic E-state index is -3.10. The van der Waals surface area contributed by atoms with Crippen molar-refractivity contribution >= 4 is 21.7 Å². The smallest absolute Gasteiger partial charge is 0.312 e. The Morgan fingerprint density at radius 2 is 2.11 bits per heavy atom. The summed E-state index contributed by atoms with van der Waals surface area (Å²) in [5.74, 6) is -1.42. The highest BCUT2D eigenvalue weighted by Crippen LogP contribution is 2.17. The van der Waals surface area contributed by atoms with Crippen LogP contribution in [0.4, 0.5) is 0 Å². The average Bonchev–Trinajstić information content (AvgIpc) is 2.70. The average molecular weight is 292 g/mol. The van der Waals surface area contributed by atoms with Crippen molar-refractivity contribution in [1.29, 1.82) is 0 Å². The van der Waals surface area contributed by atoms with Gasteiger partial charge < -0.3 is 15.0 Å². The molecule has 1 rings (SSSR count).